The second-order valence-electron chi connectivity index (χ2n) is 7.75. The number of nitrogens with zero attached hydrogens (tertiary/aromatic N) is 4. The Kier molecular flexibility index (Phi) is 5.56. The number of carbonyl (C=O) groups is 1. The van der Waals surface area contributed by atoms with Crippen molar-refractivity contribution in [1.82, 2.24) is 14.9 Å². The van der Waals surface area contributed by atoms with Crippen molar-refractivity contribution in [3.8, 4) is 6.01 Å². The molecular weight excluding hydrogens is 380 g/mol. The molecule has 0 unspecified atom stereocenters. The summed E-state index contributed by atoms with van der Waals surface area (Å²) in [6.45, 7) is 3.41. The highest BCUT2D eigenvalue weighted by Crippen LogP contribution is 2.34. The monoisotopic (exact) mass is 412 g/mol. The predicted molar refractivity (Wildman–Crippen MR) is 117 cm³/mol. The molecule has 0 aliphatic carbocycles. The molecule has 2 aliphatic rings. The molecule has 3 N–H and O–H groups in total. The van der Waals surface area contributed by atoms with E-state index in [9.17, 15) is 4.79 Å². The maximum atomic E-state index is 12.5. The Morgan fingerprint density at radius 3 is 2.77 bits per heavy atom. The van der Waals surface area contributed by atoms with Crippen LogP contribution in [-0.4, -0.2) is 47.0 Å². The topological polar surface area (TPSA) is 96.6 Å². The second kappa shape index (κ2) is 9.30. The van der Waals surface area contributed by atoms with Crippen LogP contribution in [0.3, 0.4) is 0 Å². The van der Waals surface area contributed by atoms with Crippen molar-refractivity contribution < 1.29 is 12.3 Å². The van der Waals surface area contributed by atoms with Gasteiger partial charge >= 0.3 is 6.01 Å². The Morgan fingerprint density at radius 1 is 1.23 bits per heavy atom. The molecule has 30 heavy (non-hydrogen) atoms. The number of unbranched alkanes of at least 4 members (excludes halogenated alkanes) is 1. The fraction of sp³-hybridized carbons (Fsp3) is 0.500. The number of rotatable bonds is 8. The lowest BCUT2D eigenvalue weighted by atomic mass is 10.1. The molecule has 0 saturated carbocycles. The molecule has 8 heteroatoms. The SMILES string of the molecule is [2H]C1([2H])C(=O)Nc2c(N)nc(OCCCC)nc2N1Cc1cccc(CN2CCCC2)c1. The lowest BCUT2D eigenvalue weighted by Gasteiger charge is -2.30. The van der Waals surface area contributed by atoms with Crippen molar-refractivity contribution in [2.75, 3.05) is 42.1 Å². The van der Waals surface area contributed by atoms with Crippen LogP contribution in [0.2, 0.25) is 0 Å². The fourth-order valence-electron chi connectivity index (χ4n) is 3.77. The molecule has 0 radical (unpaired) electrons. The number of fused-ring (bicyclic) bond motifs is 1. The van der Waals surface area contributed by atoms with Crippen LogP contribution >= 0.6 is 0 Å². The first-order valence-corrected chi connectivity index (χ1v) is 10.6. The number of likely N-dealkylation sites (tertiary alicyclic amines) is 1. The van der Waals surface area contributed by atoms with Crippen molar-refractivity contribution in [2.45, 2.75) is 45.7 Å². The Morgan fingerprint density at radius 2 is 2.00 bits per heavy atom. The van der Waals surface area contributed by atoms with Gasteiger partial charge in [0.15, 0.2) is 11.6 Å². The summed E-state index contributed by atoms with van der Waals surface area (Å²) in [5.74, 6) is -0.523. The third-order valence-corrected chi connectivity index (χ3v) is 5.29. The van der Waals surface area contributed by atoms with Gasteiger partial charge in [0, 0.05) is 13.1 Å². The van der Waals surface area contributed by atoms with E-state index in [1.807, 2.05) is 12.1 Å². The van der Waals surface area contributed by atoms with Crippen molar-refractivity contribution >= 4 is 23.2 Å². The van der Waals surface area contributed by atoms with E-state index in [1.54, 1.807) is 0 Å². The summed E-state index contributed by atoms with van der Waals surface area (Å²) < 4.78 is 22.5. The van der Waals surface area contributed by atoms with E-state index in [0.29, 0.717) is 6.61 Å². The van der Waals surface area contributed by atoms with Crippen LogP contribution in [0.1, 0.15) is 46.5 Å². The minimum Gasteiger partial charge on any atom is -0.463 e. The molecule has 1 aromatic carbocycles. The number of hydrogen-bond acceptors (Lipinski definition) is 7. The lowest BCUT2D eigenvalue weighted by molar-refractivity contribution is -0.115. The number of anilines is 3. The van der Waals surface area contributed by atoms with Crippen molar-refractivity contribution in [2.24, 2.45) is 0 Å². The minimum absolute atomic E-state index is 0.0538. The number of nitrogens with one attached hydrogen (secondary N) is 1. The number of carbonyl (C=O) groups excluding carboxylic acids is 1. The molecule has 1 saturated heterocycles. The molecule has 2 aliphatic heterocycles. The van der Waals surface area contributed by atoms with Crippen LogP contribution in [0.4, 0.5) is 17.3 Å². The first-order chi connectivity index (χ1) is 15.4. The van der Waals surface area contributed by atoms with Gasteiger partial charge in [-0.05, 0) is 43.5 Å². The quantitative estimate of drug-likeness (QED) is 0.644. The molecule has 0 bridgehead atoms. The Labute approximate surface area is 180 Å². The number of nitrogens with two attached hydrogens (primary N) is 1. The second-order valence-corrected chi connectivity index (χ2v) is 7.75. The van der Waals surface area contributed by atoms with Gasteiger partial charge in [0.25, 0.3) is 0 Å². The molecular formula is C22H30N6O2. The Hall–Kier alpha value is -2.87. The number of ether oxygens (including phenoxy) is 1. The van der Waals surface area contributed by atoms with Gasteiger partial charge in [-0.25, -0.2) is 0 Å². The van der Waals surface area contributed by atoms with Crippen LogP contribution in [0.25, 0.3) is 0 Å². The average Bonchev–Trinajstić information content (AvgIpc) is 3.26. The third-order valence-electron chi connectivity index (χ3n) is 5.29. The number of amides is 1. The number of nitrogen functional groups attached to an aromatic ring is 1. The first-order valence-electron chi connectivity index (χ1n) is 11.6. The maximum absolute atomic E-state index is 12.5. The highest BCUT2D eigenvalue weighted by molar-refractivity contribution is 6.03. The largest absolute Gasteiger partial charge is 0.463 e. The predicted octanol–water partition coefficient (Wildman–Crippen LogP) is 2.79. The summed E-state index contributed by atoms with van der Waals surface area (Å²) >= 11 is 0. The molecule has 160 valence electrons. The summed E-state index contributed by atoms with van der Waals surface area (Å²) in [4.78, 5) is 24.8. The van der Waals surface area contributed by atoms with E-state index in [4.69, 9.17) is 13.2 Å². The van der Waals surface area contributed by atoms with Crippen LogP contribution in [0, 0.1) is 0 Å². The normalized spacial score (nSPS) is 19.1. The van der Waals surface area contributed by atoms with Gasteiger partial charge in [0.05, 0.1) is 15.8 Å². The molecule has 1 aromatic heterocycles. The number of hydrogen-bond donors (Lipinski definition) is 2. The highest BCUT2D eigenvalue weighted by Gasteiger charge is 2.27. The third kappa shape index (κ3) is 4.81. The van der Waals surface area contributed by atoms with Gasteiger partial charge in [-0.2, -0.15) is 9.97 Å². The number of aromatic nitrogens is 2. The molecule has 1 fully saturated rings. The van der Waals surface area contributed by atoms with E-state index in [0.717, 1.165) is 43.6 Å². The van der Waals surface area contributed by atoms with Crippen molar-refractivity contribution in [3.63, 3.8) is 0 Å². The van der Waals surface area contributed by atoms with E-state index in [1.165, 1.54) is 17.7 Å². The lowest BCUT2D eigenvalue weighted by Crippen LogP contribution is -2.39. The van der Waals surface area contributed by atoms with E-state index in [2.05, 4.69) is 39.2 Å². The summed E-state index contributed by atoms with van der Waals surface area (Å²) in [6.07, 6.45) is 4.25. The van der Waals surface area contributed by atoms with Gasteiger partial charge in [-0.15, -0.1) is 0 Å². The smallest absolute Gasteiger partial charge is 0.320 e. The van der Waals surface area contributed by atoms with Crippen LogP contribution in [0.15, 0.2) is 24.3 Å². The summed E-state index contributed by atoms with van der Waals surface area (Å²) in [5.41, 5.74) is 8.33. The van der Waals surface area contributed by atoms with Crippen LogP contribution in [-0.2, 0) is 17.9 Å². The van der Waals surface area contributed by atoms with E-state index < -0.39 is 12.4 Å². The van der Waals surface area contributed by atoms with Gasteiger partial charge in [0.2, 0.25) is 5.91 Å². The number of benzene rings is 1. The van der Waals surface area contributed by atoms with Crippen LogP contribution < -0.4 is 20.7 Å². The molecule has 0 spiro atoms. The first kappa shape index (κ1) is 17.9. The zero-order valence-corrected chi connectivity index (χ0v) is 17.4. The highest BCUT2D eigenvalue weighted by atomic mass is 16.5. The van der Waals surface area contributed by atoms with Gasteiger partial charge in [-0.3, -0.25) is 9.69 Å². The minimum atomic E-state index is -2.31. The summed E-state index contributed by atoms with van der Waals surface area (Å²) in [7, 11) is 0. The summed E-state index contributed by atoms with van der Waals surface area (Å²) in [5, 5.41) is 2.52. The van der Waals surface area contributed by atoms with Gasteiger partial charge in [0.1, 0.15) is 5.69 Å². The standard InChI is InChI=1S/C22H30N6O2/c1-2-3-11-30-22-25-20(23)19-21(26-22)28(15-18(29)24-19)14-17-8-6-7-16(12-17)13-27-9-4-5-10-27/h6-8,12H,2-5,9-11,13-15H2,1H3,(H,24,29)(H2,23,25,26)/i15D2. The Bertz CT molecular complexity index is 981. The molecule has 3 heterocycles. The van der Waals surface area contributed by atoms with Crippen molar-refractivity contribution in [3.05, 3.63) is 35.4 Å². The zero-order chi connectivity index (χ0) is 22.7. The molecule has 0 atom stereocenters. The molecule has 1 amide bonds. The fourth-order valence-corrected chi connectivity index (χ4v) is 3.77. The molecule has 4 rings (SSSR count). The van der Waals surface area contributed by atoms with Crippen molar-refractivity contribution in [1.29, 1.82) is 0 Å². The zero-order valence-electron chi connectivity index (χ0n) is 19.4. The maximum Gasteiger partial charge on any atom is 0.320 e. The molecule has 2 aromatic rings. The average molecular weight is 413 g/mol. The van der Waals surface area contributed by atoms with E-state index >= 15 is 0 Å². The van der Waals surface area contributed by atoms with Gasteiger partial charge < -0.3 is 20.7 Å². The Balaban J connectivity index is 1.63. The summed E-state index contributed by atoms with van der Waals surface area (Å²) in [6, 6.07) is 8.11. The van der Waals surface area contributed by atoms with Crippen LogP contribution in [0.5, 0.6) is 6.01 Å². The molecule has 8 nitrogen and oxygen atoms in total. The van der Waals surface area contributed by atoms with Gasteiger partial charge in [-0.1, -0.05) is 37.6 Å². The van der Waals surface area contributed by atoms with E-state index in [-0.39, 0.29) is 29.9 Å².